The van der Waals surface area contributed by atoms with Crippen molar-refractivity contribution in [3.05, 3.63) is 462 Å². The highest BCUT2D eigenvalue weighted by Crippen LogP contribution is 2.59. The van der Waals surface area contributed by atoms with Crippen molar-refractivity contribution in [2.45, 2.75) is 146 Å². The molecule has 16 aromatic carbocycles. The van der Waals surface area contributed by atoms with Gasteiger partial charge < -0.3 is 0 Å². The van der Waals surface area contributed by atoms with E-state index in [4.69, 9.17) is 24.9 Å². The highest BCUT2D eigenvalue weighted by molar-refractivity contribution is 8.00. The molecule has 10 aromatic heterocycles. The van der Waals surface area contributed by atoms with Gasteiger partial charge in [-0.2, -0.15) is 0 Å². The van der Waals surface area contributed by atoms with Crippen LogP contribution in [-0.4, -0.2) is 79.2 Å². The van der Waals surface area contributed by atoms with Crippen LogP contribution in [0.25, 0.3) is 137 Å². The van der Waals surface area contributed by atoms with Gasteiger partial charge in [0.15, 0.2) is 16.1 Å². The number of aryl methyl sites for hydroxylation is 5. The Kier molecular flexibility index (Phi) is 20.2. The molecule has 0 bridgehead atoms. The lowest BCUT2D eigenvalue weighted by Gasteiger charge is -2.49. The van der Waals surface area contributed by atoms with Crippen LogP contribution in [0, 0.1) is 34.6 Å². The second-order valence-electron chi connectivity index (χ2n) is 44.9. The number of para-hydroxylation sites is 5. The number of pyridine rings is 5. The first-order valence-corrected chi connectivity index (χ1v) is 63.1. The SMILES string of the molecule is Cc1nc2c3ccccc3c3cccc4c3n2c1C(C)(C)[Si]4(C)C.Cc1nc2c3ccccc3c3cccc4c3n2c1C(C)(C)[Si]4(c1ccccc1)c1ccccc1.Cc1nc2c3ccccc3c3cccc4c3n2c1SC4(c1ccccc1)c1ccccc1.Cc1nc2c3ccccc3c3cccc4c3n2c1[Si](C)(C)C4(C)C.Cc1nc2c3ccccc3c3cccc4c3n2c1[Si](c1ccccc1)(c1ccccc1)C4(C)C. The van der Waals surface area contributed by atoms with Crippen LogP contribution in [0.5, 0.6) is 0 Å². The van der Waals surface area contributed by atoms with E-state index in [1.165, 1.54) is 201 Å². The molecule has 0 N–H and O–H groups in total. The maximum Gasteiger partial charge on any atom is 0.181 e. The highest BCUT2D eigenvalue weighted by Gasteiger charge is 2.61. The molecule has 720 valence electrons. The van der Waals surface area contributed by atoms with Crippen LogP contribution in [0.15, 0.2) is 399 Å². The van der Waals surface area contributed by atoms with E-state index in [9.17, 15) is 0 Å². The molecule has 148 heavy (non-hydrogen) atoms. The molecule has 15 heteroatoms. The molecule has 31 rings (SSSR count). The molecular weight excluding hydrogens is 1880 g/mol. The van der Waals surface area contributed by atoms with Gasteiger partial charge in [-0.3, -0.25) is 22.0 Å². The Morgan fingerprint density at radius 1 is 0.209 bits per heavy atom. The van der Waals surface area contributed by atoms with E-state index in [0.29, 0.717) is 0 Å². The molecule has 0 saturated heterocycles. The van der Waals surface area contributed by atoms with Crippen molar-refractivity contribution in [2.75, 3.05) is 0 Å². The average Bonchev–Trinajstić information content (AvgIpc) is 1.40. The number of nitrogens with zero attached hydrogens (tertiary/aromatic N) is 10. The molecule has 0 atom stereocenters. The van der Waals surface area contributed by atoms with Crippen LogP contribution in [0.4, 0.5) is 0 Å². The summed E-state index contributed by atoms with van der Waals surface area (Å²) in [6.45, 7) is 40.6. The van der Waals surface area contributed by atoms with Crippen molar-refractivity contribution in [1.29, 1.82) is 0 Å². The maximum atomic E-state index is 5.31. The first-order chi connectivity index (χ1) is 71.6. The minimum absolute atomic E-state index is 0.0919. The summed E-state index contributed by atoms with van der Waals surface area (Å²) in [7, 11) is -8.51. The van der Waals surface area contributed by atoms with Gasteiger partial charge >= 0.3 is 0 Å². The van der Waals surface area contributed by atoms with Gasteiger partial charge in [0, 0.05) is 96.6 Å². The zero-order chi connectivity index (χ0) is 101. The Morgan fingerprint density at radius 3 is 0.892 bits per heavy atom. The molecule has 10 nitrogen and oxygen atoms in total. The monoisotopic (exact) mass is 2000 g/mol. The fourth-order valence-electron chi connectivity index (χ4n) is 28.6. The Balaban J connectivity index is 0.0000000920. The predicted octanol–water partition coefficient (Wildman–Crippen LogP) is 27.2. The number of aromatic nitrogens is 10. The smallest absolute Gasteiger partial charge is 0.181 e. The van der Waals surface area contributed by atoms with Gasteiger partial charge in [0.1, 0.15) is 41.3 Å². The number of thioether (sulfide) groups is 1. The Hall–Kier alpha value is -15.2. The van der Waals surface area contributed by atoms with E-state index in [1.807, 2.05) is 11.8 Å². The fraction of sp³-hybridized carbons (Fsp3) is 0.165. The van der Waals surface area contributed by atoms with E-state index in [2.05, 4.69) is 533 Å². The van der Waals surface area contributed by atoms with Crippen molar-refractivity contribution < 1.29 is 0 Å². The van der Waals surface area contributed by atoms with Crippen molar-refractivity contribution >= 4 is 222 Å². The Morgan fingerprint density at radius 2 is 0.486 bits per heavy atom. The number of hydrogen-bond donors (Lipinski definition) is 0. The van der Waals surface area contributed by atoms with Gasteiger partial charge in [-0.25, -0.2) is 24.9 Å². The molecule has 15 heterocycles. The van der Waals surface area contributed by atoms with Crippen LogP contribution in [0.3, 0.4) is 0 Å². The van der Waals surface area contributed by atoms with E-state index < -0.39 is 32.3 Å². The molecule has 0 unspecified atom stereocenters. The van der Waals surface area contributed by atoms with E-state index >= 15 is 0 Å². The molecule has 26 aromatic rings. The summed E-state index contributed by atoms with van der Waals surface area (Å²) < 4.78 is 12.1. The largest absolute Gasteiger partial charge is 0.300 e. The summed E-state index contributed by atoms with van der Waals surface area (Å²) >= 11 is 1.92. The summed E-state index contributed by atoms with van der Waals surface area (Å²) in [6.07, 6.45) is 0. The third-order valence-electron chi connectivity index (χ3n) is 36.2. The minimum atomic E-state index is -2.57. The third-order valence-corrected chi connectivity index (χ3v) is 59.7. The standard InChI is InChI=1S/2C31H26N2Si.C29H20N2S.2C21H22N2Si/c1-21-30-33-28-25(24-17-10-11-18-26(24)29(33)32-21)19-12-20-27(28)31(2,3)34(30,22-13-6-4-7-14-22)23-15-8-5-9-16-23;1-21-29-31(2,3)34(22-13-6-4-7-14-22,23-15-8-5-9-16-23)27-20-12-19-25-24-17-10-11-18-26(24)30(32-21)33(29)28(25)27;1-19-28-31-26-23(22-15-8-9-16-24(22)27(31)30-19)17-10-18-25(26)29(32-28,20-11-4-2-5-12-20)21-13-6-3-7-14-21;1-13-20-23-18-15(14-9-6-7-10-16(14)19(23)22-13)11-8-12-17(18)21(2,3)24(20,4)5;1-13-19-21(2,3)24(4,5)17-12-8-11-15-14-9-6-7-10-16(14)20(22-13)23(19)18(15)17/h2*4-20H,1-3H3;2-18H,1H3;2*6-12H,1-5H3. The van der Waals surface area contributed by atoms with Gasteiger partial charge in [0.2, 0.25) is 0 Å². The third kappa shape index (κ3) is 12.0. The zero-order valence-electron chi connectivity index (χ0n) is 86.9. The zero-order valence-corrected chi connectivity index (χ0v) is 91.7. The molecule has 0 spiro atoms. The van der Waals surface area contributed by atoms with Gasteiger partial charge in [-0.05, 0) is 120 Å². The summed E-state index contributed by atoms with van der Waals surface area (Å²) in [4.78, 5) is 25.7. The van der Waals surface area contributed by atoms with Crippen LogP contribution < -0.4 is 41.8 Å². The number of rotatable bonds is 6. The molecule has 5 aliphatic heterocycles. The quantitative estimate of drug-likeness (QED) is 0.122. The second-order valence-corrected chi connectivity index (χ2v) is 65.0. The van der Waals surface area contributed by atoms with Gasteiger partial charge in [-0.1, -0.05) is 488 Å². The number of imidazole rings is 5. The van der Waals surface area contributed by atoms with Gasteiger partial charge in [-0.15, -0.1) is 0 Å². The minimum Gasteiger partial charge on any atom is -0.300 e. The fourth-order valence-corrected chi connectivity index (χ4v) is 48.3. The second kappa shape index (κ2) is 32.6. The number of fused-ring (bicyclic) bond motifs is 15. The predicted molar refractivity (Wildman–Crippen MR) is 635 cm³/mol. The first kappa shape index (κ1) is 91.5. The lowest BCUT2D eigenvalue weighted by molar-refractivity contribution is 0.679. The van der Waals surface area contributed by atoms with Crippen LogP contribution in [0.2, 0.25) is 26.2 Å². The summed E-state index contributed by atoms with van der Waals surface area (Å²) in [5.41, 5.74) is 27.5. The van der Waals surface area contributed by atoms with Crippen molar-refractivity contribution in [3.8, 4) is 0 Å². The van der Waals surface area contributed by atoms with Gasteiger partial charge in [0.05, 0.1) is 68.9 Å². The van der Waals surface area contributed by atoms with Crippen LogP contribution in [0.1, 0.15) is 123 Å². The van der Waals surface area contributed by atoms with Gasteiger partial charge in [0.25, 0.3) is 0 Å². The van der Waals surface area contributed by atoms with Crippen molar-refractivity contribution in [2.24, 2.45) is 0 Å². The normalized spacial score (nSPS) is 16.3. The molecule has 0 aliphatic carbocycles. The van der Waals surface area contributed by atoms with Crippen molar-refractivity contribution in [3.63, 3.8) is 0 Å². The molecule has 5 aliphatic rings. The molecule has 0 radical (unpaired) electrons. The summed E-state index contributed by atoms with van der Waals surface area (Å²) in [5.74, 6) is 0. The van der Waals surface area contributed by atoms with E-state index in [-0.39, 0.29) is 24.9 Å². The number of hydrogen-bond acceptors (Lipinski definition) is 6. The van der Waals surface area contributed by atoms with Crippen molar-refractivity contribution in [1.82, 2.24) is 46.9 Å². The average molecular weight is 2000 g/mol. The lowest BCUT2D eigenvalue weighted by Crippen LogP contribution is -2.79. The van der Waals surface area contributed by atoms with E-state index in [1.54, 1.807) is 5.19 Å². The molecule has 0 saturated carbocycles. The van der Waals surface area contributed by atoms with Crippen LogP contribution in [-0.2, 0) is 24.9 Å². The molecular formula is C133H116N10SSi4. The summed E-state index contributed by atoms with van der Waals surface area (Å²) in [5, 5.41) is 32.4. The molecule has 0 fully saturated rings. The Labute approximate surface area is 870 Å². The Bertz CT molecular complexity index is 9790. The van der Waals surface area contributed by atoms with E-state index in [0.717, 1.165) is 45.3 Å². The highest BCUT2D eigenvalue weighted by atomic mass is 32.2. The maximum absolute atomic E-state index is 5.31. The lowest BCUT2D eigenvalue weighted by atomic mass is 9.82. The topological polar surface area (TPSA) is 86.5 Å². The summed E-state index contributed by atoms with van der Waals surface area (Å²) in [6, 6.07) is 145. The molecule has 0 amide bonds. The first-order valence-electron chi connectivity index (χ1n) is 52.3. The number of benzene rings is 16. The van der Waals surface area contributed by atoms with Crippen LogP contribution >= 0.6 is 11.8 Å².